The summed E-state index contributed by atoms with van der Waals surface area (Å²) < 4.78 is 5.84. The molecule has 5 nitrogen and oxygen atoms in total. The second kappa shape index (κ2) is 11.5. The minimum atomic E-state index is -0.691. The number of halogens is 1. The van der Waals surface area contributed by atoms with Crippen molar-refractivity contribution in [3.05, 3.63) is 100 Å². The second-order valence-corrected chi connectivity index (χ2v) is 8.52. The maximum atomic E-state index is 13.4. The van der Waals surface area contributed by atoms with Gasteiger partial charge in [-0.05, 0) is 60.4 Å². The molecule has 6 heteroatoms. The van der Waals surface area contributed by atoms with E-state index in [1.165, 1.54) is 0 Å². The van der Waals surface area contributed by atoms with Gasteiger partial charge in [0.1, 0.15) is 11.8 Å². The smallest absolute Gasteiger partial charge is 0.261 e. The highest BCUT2D eigenvalue weighted by Gasteiger charge is 2.30. The number of amides is 2. The molecule has 0 aliphatic carbocycles. The number of ether oxygens (including phenoxy) is 1. The molecule has 0 aromatic heterocycles. The first-order valence-corrected chi connectivity index (χ1v) is 11.2. The number of nitrogens with zero attached hydrogens (tertiary/aromatic N) is 1. The fourth-order valence-electron chi connectivity index (χ4n) is 3.75. The number of carbonyl (C=O) groups is 2. The van der Waals surface area contributed by atoms with Crippen LogP contribution in [0.1, 0.15) is 22.3 Å². The zero-order valence-electron chi connectivity index (χ0n) is 19.2. The van der Waals surface area contributed by atoms with Crippen molar-refractivity contribution in [1.82, 2.24) is 10.2 Å². The van der Waals surface area contributed by atoms with Gasteiger partial charge in [-0.25, -0.2) is 0 Å². The summed E-state index contributed by atoms with van der Waals surface area (Å²) in [5, 5.41) is 3.32. The molecular weight excluding hydrogens is 436 g/mol. The van der Waals surface area contributed by atoms with Gasteiger partial charge in [0, 0.05) is 25.0 Å². The monoisotopic (exact) mass is 464 g/mol. The molecule has 0 unspecified atom stereocenters. The van der Waals surface area contributed by atoms with Crippen molar-refractivity contribution in [2.45, 2.75) is 32.9 Å². The molecule has 0 aliphatic rings. The SMILES string of the molecule is CNC(=O)[C@@H](Cc1ccccc1)N(Cc1ccc(Cl)cc1)C(=O)COc1cc(C)cc(C)c1. The highest BCUT2D eigenvalue weighted by molar-refractivity contribution is 6.30. The molecule has 0 aliphatic heterocycles. The molecular formula is C27H29ClN2O3. The molecule has 1 N–H and O–H groups in total. The van der Waals surface area contributed by atoms with E-state index in [-0.39, 0.29) is 25.0 Å². The number of likely N-dealkylation sites (N-methyl/N-ethyl adjacent to an activating group) is 1. The molecule has 172 valence electrons. The summed E-state index contributed by atoms with van der Waals surface area (Å²) in [5.41, 5.74) is 3.96. The molecule has 3 rings (SSSR count). The Morgan fingerprint density at radius 2 is 1.58 bits per heavy atom. The van der Waals surface area contributed by atoms with E-state index in [1.54, 1.807) is 24.1 Å². The largest absolute Gasteiger partial charge is 0.484 e. The highest BCUT2D eigenvalue weighted by Crippen LogP contribution is 2.19. The van der Waals surface area contributed by atoms with Crippen LogP contribution in [0.15, 0.2) is 72.8 Å². The van der Waals surface area contributed by atoms with Gasteiger partial charge >= 0.3 is 0 Å². The Bertz CT molecular complexity index is 1060. The molecule has 2 amide bonds. The van der Waals surface area contributed by atoms with E-state index >= 15 is 0 Å². The summed E-state index contributed by atoms with van der Waals surface area (Å²) in [6, 6.07) is 22.1. The van der Waals surface area contributed by atoms with Crippen LogP contribution in [-0.4, -0.2) is 36.4 Å². The van der Waals surface area contributed by atoms with Gasteiger partial charge in [-0.15, -0.1) is 0 Å². The van der Waals surface area contributed by atoms with Gasteiger partial charge in [0.25, 0.3) is 5.91 Å². The van der Waals surface area contributed by atoms with E-state index in [0.717, 1.165) is 22.3 Å². The van der Waals surface area contributed by atoms with Crippen molar-refractivity contribution in [2.75, 3.05) is 13.7 Å². The van der Waals surface area contributed by atoms with Gasteiger partial charge < -0.3 is 15.0 Å². The van der Waals surface area contributed by atoms with Crippen molar-refractivity contribution in [1.29, 1.82) is 0 Å². The average molecular weight is 465 g/mol. The van der Waals surface area contributed by atoms with Crippen molar-refractivity contribution in [3.8, 4) is 5.75 Å². The number of carbonyl (C=O) groups excluding carboxylic acids is 2. The molecule has 33 heavy (non-hydrogen) atoms. The van der Waals surface area contributed by atoms with Gasteiger partial charge in [0.05, 0.1) is 0 Å². The predicted octanol–water partition coefficient (Wildman–Crippen LogP) is 4.72. The first-order chi connectivity index (χ1) is 15.9. The van der Waals surface area contributed by atoms with E-state index in [2.05, 4.69) is 5.32 Å². The lowest BCUT2D eigenvalue weighted by atomic mass is 10.0. The summed E-state index contributed by atoms with van der Waals surface area (Å²) in [7, 11) is 1.58. The van der Waals surface area contributed by atoms with Crippen LogP contribution in [0.2, 0.25) is 5.02 Å². The number of rotatable bonds is 9. The van der Waals surface area contributed by atoms with Crippen LogP contribution in [0.3, 0.4) is 0 Å². The Morgan fingerprint density at radius 3 is 2.18 bits per heavy atom. The van der Waals surface area contributed by atoms with Crippen molar-refractivity contribution in [3.63, 3.8) is 0 Å². The van der Waals surface area contributed by atoms with E-state index in [4.69, 9.17) is 16.3 Å². The van der Waals surface area contributed by atoms with Crippen molar-refractivity contribution < 1.29 is 14.3 Å². The van der Waals surface area contributed by atoms with E-state index < -0.39 is 6.04 Å². The van der Waals surface area contributed by atoms with Crippen molar-refractivity contribution in [2.24, 2.45) is 0 Å². The van der Waals surface area contributed by atoms with Gasteiger partial charge in [-0.2, -0.15) is 0 Å². The minimum Gasteiger partial charge on any atom is -0.484 e. The molecule has 3 aromatic rings. The predicted molar refractivity (Wildman–Crippen MR) is 131 cm³/mol. The zero-order valence-corrected chi connectivity index (χ0v) is 19.9. The lowest BCUT2D eigenvalue weighted by Gasteiger charge is -2.31. The van der Waals surface area contributed by atoms with Gasteiger partial charge in [-0.1, -0.05) is 60.1 Å². The first kappa shape index (κ1) is 24.3. The van der Waals surface area contributed by atoms with E-state index in [0.29, 0.717) is 17.2 Å². The molecule has 0 saturated carbocycles. The number of hydrogen-bond acceptors (Lipinski definition) is 3. The third-order valence-electron chi connectivity index (χ3n) is 5.34. The number of hydrogen-bond donors (Lipinski definition) is 1. The minimum absolute atomic E-state index is 0.168. The number of benzene rings is 3. The first-order valence-electron chi connectivity index (χ1n) is 10.9. The highest BCUT2D eigenvalue weighted by atomic mass is 35.5. The molecule has 0 bridgehead atoms. The topological polar surface area (TPSA) is 58.6 Å². The molecule has 0 fully saturated rings. The lowest BCUT2D eigenvalue weighted by molar-refractivity contribution is -0.142. The lowest BCUT2D eigenvalue weighted by Crippen LogP contribution is -2.51. The Balaban J connectivity index is 1.87. The van der Waals surface area contributed by atoms with E-state index in [1.807, 2.05) is 74.5 Å². The standard InChI is InChI=1S/C27H29ClN2O3/c1-19-13-20(2)15-24(14-19)33-18-26(31)30(17-22-9-11-23(28)12-10-22)25(27(32)29-3)16-21-7-5-4-6-8-21/h4-15,25H,16-18H2,1-3H3,(H,29,32)/t25-/m1/s1. The zero-order chi connectivity index (χ0) is 23.8. The third-order valence-corrected chi connectivity index (χ3v) is 5.59. The maximum Gasteiger partial charge on any atom is 0.261 e. The van der Waals surface area contributed by atoms with E-state index in [9.17, 15) is 9.59 Å². The quantitative estimate of drug-likeness (QED) is 0.498. The van der Waals surface area contributed by atoms with Crippen molar-refractivity contribution >= 4 is 23.4 Å². The molecule has 0 heterocycles. The second-order valence-electron chi connectivity index (χ2n) is 8.08. The van der Waals surface area contributed by atoms with Crippen LogP contribution in [-0.2, 0) is 22.6 Å². The molecule has 0 radical (unpaired) electrons. The summed E-state index contributed by atoms with van der Waals surface area (Å²) >= 11 is 6.03. The Hall–Kier alpha value is -3.31. The number of aryl methyl sites for hydroxylation is 2. The van der Waals surface area contributed by atoms with Crippen LogP contribution < -0.4 is 10.1 Å². The van der Waals surface area contributed by atoms with Gasteiger partial charge in [0.2, 0.25) is 5.91 Å². The Morgan fingerprint density at radius 1 is 0.939 bits per heavy atom. The average Bonchev–Trinajstić information content (AvgIpc) is 2.80. The summed E-state index contributed by atoms with van der Waals surface area (Å²) in [6.07, 6.45) is 0.392. The van der Waals surface area contributed by atoms with Gasteiger partial charge in [0.15, 0.2) is 6.61 Å². The third kappa shape index (κ3) is 7.09. The summed E-state index contributed by atoms with van der Waals surface area (Å²) in [5.74, 6) is 0.132. The molecule has 3 aromatic carbocycles. The molecule has 0 spiro atoms. The normalized spacial score (nSPS) is 11.5. The van der Waals surface area contributed by atoms with Crippen LogP contribution in [0.25, 0.3) is 0 Å². The fourth-order valence-corrected chi connectivity index (χ4v) is 3.88. The summed E-state index contributed by atoms with van der Waals surface area (Å²) in [4.78, 5) is 27.9. The van der Waals surface area contributed by atoms with Crippen LogP contribution in [0, 0.1) is 13.8 Å². The number of nitrogens with one attached hydrogen (secondary N) is 1. The summed E-state index contributed by atoms with van der Waals surface area (Å²) in [6.45, 7) is 4.06. The molecule has 1 atom stereocenters. The fraction of sp³-hybridized carbons (Fsp3) is 0.259. The Labute approximate surface area is 200 Å². The Kier molecular flexibility index (Phi) is 8.50. The maximum absolute atomic E-state index is 13.4. The van der Waals surface area contributed by atoms with Crippen LogP contribution in [0.4, 0.5) is 0 Å². The van der Waals surface area contributed by atoms with Crippen LogP contribution in [0.5, 0.6) is 5.75 Å². The van der Waals surface area contributed by atoms with Crippen LogP contribution >= 0.6 is 11.6 Å². The van der Waals surface area contributed by atoms with Gasteiger partial charge in [-0.3, -0.25) is 9.59 Å². The molecule has 0 saturated heterocycles.